The van der Waals surface area contributed by atoms with Gasteiger partial charge in [0.2, 0.25) is 0 Å². The fraction of sp³-hybridized carbons (Fsp3) is 0.462. The number of fused-ring (bicyclic) bond motifs is 1. The fourth-order valence-electron chi connectivity index (χ4n) is 2.77. The van der Waals surface area contributed by atoms with Crippen molar-refractivity contribution in [2.24, 2.45) is 0 Å². The van der Waals surface area contributed by atoms with Crippen LogP contribution in [0.5, 0.6) is 0 Å². The van der Waals surface area contributed by atoms with Gasteiger partial charge in [-0.1, -0.05) is 19.3 Å². The van der Waals surface area contributed by atoms with Gasteiger partial charge in [0, 0.05) is 12.0 Å². The van der Waals surface area contributed by atoms with E-state index >= 15 is 0 Å². The zero-order valence-corrected chi connectivity index (χ0v) is 10.1. The molecule has 5 heteroatoms. The van der Waals surface area contributed by atoms with Gasteiger partial charge in [-0.3, -0.25) is 0 Å². The SMILES string of the molecule is N#Cc1c(C2CCCCC2)nc2ccnn2c1N. The Morgan fingerprint density at radius 1 is 1.33 bits per heavy atom. The molecule has 1 aliphatic carbocycles. The van der Waals surface area contributed by atoms with Crippen molar-refractivity contribution in [2.45, 2.75) is 38.0 Å². The predicted molar refractivity (Wildman–Crippen MR) is 67.9 cm³/mol. The number of nitriles is 1. The summed E-state index contributed by atoms with van der Waals surface area (Å²) in [6.45, 7) is 0. The molecule has 92 valence electrons. The first-order chi connectivity index (χ1) is 8.81. The molecule has 5 nitrogen and oxygen atoms in total. The number of aromatic nitrogens is 3. The van der Waals surface area contributed by atoms with Crippen molar-refractivity contribution in [2.75, 3.05) is 5.73 Å². The standard InChI is InChI=1S/C13H15N5/c14-8-10-12(9-4-2-1-3-5-9)17-11-6-7-16-18(11)13(10)15/h6-7,9H,1-5,15H2. The lowest BCUT2D eigenvalue weighted by molar-refractivity contribution is 0.436. The molecule has 0 unspecified atom stereocenters. The number of nitrogen functional groups attached to an aromatic ring is 1. The van der Waals surface area contributed by atoms with Gasteiger partial charge >= 0.3 is 0 Å². The Hall–Kier alpha value is -2.09. The van der Waals surface area contributed by atoms with E-state index in [9.17, 15) is 5.26 Å². The zero-order chi connectivity index (χ0) is 12.5. The van der Waals surface area contributed by atoms with E-state index in [2.05, 4.69) is 16.2 Å². The van der Waals surface area contributed by atoms with Crippen molar-refractivity contribution in [1.29, 1.82) is 5.26 Å². The highest BCUT2D eigenvalue weighted by atomic mass is 15.3. The predicted octanol–water partition coefficient (Wildman–Crippen LogP) is 2.23. The van der Waals surface area contributed by atoms with Crippen LogP contribution in [-0.4, -0.2) is 14.6 Å². The summed E-state index contributed by atoms with van der Waals surface area (Å²) in [5.41, 5.74) is 8.11. The van der Waals surface area contributed by atoms with Gasteiger partial charge in [-0.15, -0.1) is 0 Å². The molecular weight excluding hydrogens is 226 g/mol. The van der Waals surface area contributed by atoms with Gasteiger partial charge in [0.05, 0.1) is 11.9 Å². The van der Waals surface area contributed by atoms with Crippen molar-refractivity contribution >= 4 is 11.5 Å². The third kappa shape index (κ3) is 1.61. The van der Waals surface area contributed by atoms with Crippen LogP contribution in [0.3, 0.4) is 0 Å². The van der Waals surface area contributed by atoms with Crippen LogP contribution in [0.4, 0.5) is 5.82 Å². The summed E-state index contributed by atoms with van der Waals surface area (Å²) in [5.74, 6) is 0.781. The van der Waals surface area contributed by atoms with Gasteiger partial charge in [-0.2, -0.15) is 14.9 Å². The summed E-state index contributed by atoms with van der Waals surface area (Å²) in [6.07, 6.45) is 7.56. The molecule has 1 aliphatic rings. The number of nitrogens with two attached hydrogens (primary N) is 1. The second kappa shape index (κ2) is 4.30. The molecule has 18 heavy (non-hydrogen) atoms. The van der Waals surface area contributed by atoms with Crippen molar-refractivity contribution < 1.29 is 0 Å². The lowest BCUT2D eigenvalue weighted by Gasteiger charge is -2.22. The molecule has 3 rings (SSSR count). The van der Waals surface area contributed by atoms with Crippen LogP contribution in [0.1, 0.15) is 49.3 Å². The molecule has 2 N–H and O–H groups in total. The smallest absolute Gasteiger partial charge is 0.157 e. The summed E-state index contributed by atoms with van der Waals surface area (Å²) in [6, 6.07) is 4.02. The highest BCUT2D eigenvalue weighted by Crippen LogP contribution is 2.34. The monoisotopic (exact) mass is 241 g/mol. The summed E-state index contributed by atoms with van der Waals surface area (Å²) < 4.78 is 1.53. The average molecular weight is 241 g/mol. The molecule has 0 bridgehead atoms. The van der Waals surface area contributed by atoms with Gasteiger partial charge < -0.3 is 5.73 Å². The van der Waals surface area contributed by atoms with Gasteiger partial charge in [0.25, 0.3) is 0 Å². The number of anilines is 1. The Balaban J connectivity index is 2.17. The van der Waals surface area contributed by atoms with E-state index in [0.29, 0.717) is 17.3 Å². The van der Waals surface area contributed by atoms with E-state index < -0.39 is 0 Å². The highest BCUT2D eigenvalue weighted by Gasteiger charge is 2.23. The maximum atomic E-state index is 9.32. The lowest BCUT2D eigenvalue weighted by atomic mass is 9.85. The van der Waals surface area contributed by atoms with Gasteiger partial charge in [0.15, 0.2) is 5.65 Å². The average Bonchev–Trinajstić information content (AvgIpc) is 2.88. The molecular formula is C13H15N5. The third-order valence-corrected chi connectivity index (χ3v) is 3.70. The van der Waals surface area contributed by atoms with Crippen molar-refractivity contribution in [3.63, 3.8) is 0 Å². The Labute approximate surface area is 105 Å². The molecule has 1 saturated carbocycles. The van der Waals surface area contributed by atoms with Crippen LogP contribution in [0.15, 0.2) is 12.3 Å². The quantitative estimate of drug-likeness (QED) is 0.830. The molecule has 0 radical (unpaired) electrons. The van der Waals surface area contributed by atoms with Crippen molar-refractivity contribution in [1.82, 2.24) is 14.6 Å². The van der Waals surface area contributed by atoms with Gasteiger partial charge in [-0.05, 0) is 12.8 Å². The normalized spacial score (nSPS) is 16.8. The maximum Gasteiger partial charge on any atom is 0.157 e. The number of rotatable bonds is 1. The highest BCUT2D eigenvalue weighted by molar-refractivity contribution is 5.58. The van der Waals surface area contributed by atoms with E-state index in [-0.39, 0.29) is 0 Å². The molecule has 1 fully saturated rings. The summed E-state index contributed by atoms with van der Waals surface area (Å²) in [5, 5.41) is 13.4. The van der Waals surface area contributed by atoms with E-state index in [1.165, 1.54) is 23.8 Å². The van der Waals surface area contributed by atoms with E-state index in [4.69, 9.17) is 5.73 Å². The Morgan fingerprint density at radius 3 is 2.83 bits per heavy atom. The second-order valence-corrected chi connectivity index (χ2v) is 4.81. The lowest BCUT2D eigenvalue weighted by Crippen LogP contribution is -2.13. The first kappa shape index (κ1) is 11.0. The summed E-state index contributed by atoms with van der Waals surface area (Å²) >= 11 is 0. The fourth-order valence-corrected chi connectivity index (χ4v) is 2.77. The molecule has 0 spiro atoms. The molecule has 2 aromatic heterocycles. The van der Waals surface area contributed by atoms with E-state index in [1.54, 1.807) is 6.20 Å². The molecule has 2 heterocycles. The maximum absolute atomic E-state index is 9.32. The second-order valence-electron chi connectivity index (χ2n) is 4.81. The minimum Gasteiger partial charge on any atom is -0.382 e. The van der Waals surface area contributed by atoms with Gasteiger partial charge in [-0.25, -0.2) is 4.98 Å². The first-order valence-electron chi connectivity index (χ1n) is 6.34. The molecule has 0 atom stereocenters. The van der Waals surface area contributed by atoms with Crippen LogP contribution in [0, 0.1) is 11.3 Å². The molecule has 0 aliphatic heterocycles. The Kier molecular flexibility index (Phi) is 2.63. The van der Waals surface area contributed by atoms with E-state index in [0.717, 1.165) is 24.2 Å². The van der Waals surface area contributed by atoms with Crippen LogP contribution in [-0.2, 0) is 0 Å². The Morgan fingerprint density at radius 2 is 2.11 bits per heavy atom. The summed E-state index contributed by atoms with van der Waals surface area (Å²) in [7, 11) is 0. The number of nitrogens with zero attached hydrogens (tertiary/aromatic N) is 4. The minimum absolute atomic E-state index is 0.371. The van der Waals surface area contributed by atoms with Crippen LogP contribution in [0.25, 0.3) is 5.65 Å². The molecule has 0 amide bonds. The minimum atomic E-state index is 0.371. The summed E-state index contributed by atoms with van der Waals surface area (Å²) in [4.78, 5) is 4.59. The van der Waals surface area contributed by atoms with Crippen molar-refractivity contribution in [3.8, 4) is 6.07 Å². The largest absolute Gasteiger partial charge is 0.382 e. The van der Waals surface area contributed by atoms with Crippen molar-refractivity contribution in [3.05, 3.63) is 23.5 Å². The zero-order valence-electron chi connectivity index (χ0n) is 10.1. The van der Waals surface area contributed by atoms with Crippen LogP contribution in [0.2, 0.25) is 0 Å². The van der Waals surface area contributed by atoms with Gasteiger partial charge in [0.1, 0.15) is 17.5 Å². The van der Waals surface area contributed by atoms with Crippen LogP contribution >= 0.6 is 0 Å². The molecule has 0 aromatic carbocycles. The van der Waals surface area contributed by atoms with E-state index in [1.807, 2.05) is 6.07 Å². The first-order valence-corrected chi connectivity index (χ1v) is 6.34. The number of hydrogen-bond acceptors (Lipinski definition) is 4. The molecule has 0 saturated heterocycles. The van der Waals surface area contributed by atoms with Crippen LogP contribution < -0.4 is 5.73 Å². The topological polar surface area (TPSA) is 80.0 Å². The number of hydrogen-bond donors (Lipinski definition) is 1. The molecule has 2 aromatic rings. The third-order valence-electron chi connectivity index (χ3n) is 3.70. The Bertz CT molecular complexity index is 616.